The first-order chi connectivity index (χ1) is 60.8. The molecule has 10 aromatic heterocycles. The van der Waals surface area contributed by atoms with Crippen molar-refractivity contribution in [3.63, 3.8) is 0 Å². The number of nitrogens with one attached hydrogen (secondary N) is 5. The summed E-state index contributed by atoms with van der Waals surface area (Å²) >= 11 is 47.8. The van der Waals surface area contributed by atoms with E-state index in [-0.39, 0.29) is 62.4 Å². The van der Waals surface area contributed by atoms with Gasteiger partial charge in [0.15, 0.2) is 65.6 Å². The number of fused-ring (bicyclic) bond motifs is 5. The van der Waals surface area contributed by atoms with Gasteiger partial charge < -0.3 is 35.4 Å². The van der Waals surface area contributed by atoms with E-state index < -0.39 is 11.9 Å². The first-order valence-electron chi connectivity index (χ1n) is 36.7. The molecule has 0 aliphatic carbocycles. The van der Waals surface area contributed by atoms with Crippen LogP contribution in [0.4, 0.5) is 0 Å². The Balaban J connectivity index is 0.000000128. The Labute approximate surface area is 765 Å². The molecular formula is C83H58Cl7N21O10S5. The molecule has 0 spiro atoms. The summed E-state index contributed by atoms with van der Waals surface area (Å²) in [6, 6.07) is 58.8. The van der Waals surface area contributed by atoms with Crippen molar-refractivity contribution in [2.75, 3.05) is 30.1 Å². The van der Waals surface area contributed by atoms with E-state index >= 15 is 0 Å². The summed E-state index contributed by atoms with van der Waals surface area (Å²) in [5.74, 6) is 0.0227. The van der Waals surface area contributed by atoms with Gasteiger partial charge in [-0.3, -0.25) is 43.2 Å². The molecule has 126 heavy (non-hydrogen) atoms. The molecule has 0 atom stereocenters. The summed E-state index contributed by atoms with van der Waals surface area (Å²) in [4.78, 5) is 144. The van der Waals surface area contributed by atoms with E-state index in [2.05, 4.69) is 80.1 Å². The summed E-state index contributed by atoms with van der Waals surface area (Å²) in [7, 11) is 1.30. The highest BCUT2D eigenvalue weighted by atomic mass is 35.5. The number of ether oxygens (including phenoxy) is 1. The number of esters is 1. The number of primary amides is 1. The Hall–Kier alpha value is -12.4. The molecule has 0 saturated carbocycles. The van der Waals surface area contributed by atoms with Crippen molar-refractivity contribution in [2.24, 2.45) is 5.73 Å². The molecule has 18 aromatic rings. The Kier molecular flexibility index (Phi) is 29.6. The molecular weight excluding hydrogens is 1860 g/mol. The van der Waals surface area contributed by atoms with Gasteiger partial charge in [0.1, 0.15) is 26.9 Å². The van der Waals surface area contributed by atoms with Gasteiger partial charge in [-0.1, -0.05) is 213 Å². The Bertz CT molecular complexity index is 7440. The lowest BCUT2D eigenvalue weighted by molar-refractivity contribution is -0.137. The number of carbonyl (C=O) groups excluding carboxylic acids is 4. The van der Waals surface area contributed by atoms with Crippen LogP contribution in [-0.4, -0.2) is 152 Å². The van der Waals surface area contributed by atoms with Gasteiger partial charge in [0, 0.05) is 52.0 Å². The van der Waals surface area contributed by atoms with E-state index in [1.54, 1.807) is 141 Å². The van der Waals surface area contributed by atoms with E-state index in [0.29, 0.717) is 156 Å². The monoisotopic (exact) mass is 1910 g/mol. The van der Waals surface area contributed by atoms with Gasteiger partial charge in [-0.2, -0.15) is 25.5 Å². The third kappa shape index (κ3) is 22.6. The summed E-state index contributed by atoms with van der Waals surface area (Å²) in [6.07, 6.45) is 7.30. The third-order valence-electron chi connectivity index (χ3n) is 17.5. The number of nitrogens with zero attached hydrogens (tertiary/aromatic N) is 15. The number of thioether (sulfide) groups is 5. The second-order valence-electron chi connectivity index (χ2n) is 26.1. The molecule has 634 valence electrons. The summed E-state index contributed by atoms with van der Waals surface area (Å²) in [5.41, 5.74) is 11.5. The van der Waals surface area contributed by atoms with Crippen LogP contribution in [0.15, 0.2) is 281 Å². The highest BCUT2D eigenvalue weighted by molar-refractivity contribution is 8.00. The van der Waals surface area contributed by atoms with Gasteiger partial charge >= 0.3 is 5.97 Å². The van der Waals surface area contributed by atoms with E-state index in [0.717, 1.165) is 46.5 Å². The number of aromatic amines is 5. The number of rotatable bonds is 22. The van der Waals surface area contributed by atoms with Gasteiger partial charge in [-0.05, 0) is 133 Å². The number of amides is 1. The number of hydrogen-bond acceptors (Lipinski definition) is 25. The predicted molar refractivity (Wildman–Crippen MR) is 494 cm³/mol. The predicted octanol–water partition coefficient (Wildman–Crippen LogP) is 16.2. The van der Waals surface area contributed by atoms with Crippen molar-refractivity contribution < 1.29 is 23.9 Å². The fourth-order valence-corrected chi connectivity index (χ4v) is 16.3. The molecule has 0 aliphatic heterocycles. The van der Waals surface area contributed by atoms with Crippen LogP contribution < -0.4 is 33.5 Å². The Morgan fingerprint density at radius 3 is 0.881 bits per heavy atom. The van der Waals surface area contributed by atoms with Crippen molar-refractivity contribution in [1.29, 1.82) is 0 Å². The van der Waals surface area contributed by atoms with Gasteiger partial charge in [0.25, 0.3) is 27.8 Å². The van der Waals surface area contributed by atoms with Gasteiger partial charge in [0.2, 0.25) is 5.91 Å². The van der Waals surface area contributed by atoms with E-state index in [9.17, 15) is 43.2 Å². The van der Waals surface area contributed by atoms with E-state index in [4.69, 9.17) is 86.9 Å². The maximum absolute atomic E-state index is 12.4. The molecule has 7 N–H and O–H groups in total. The molecule has 0 fully saturated rings. The van der Waals surface area contributed by atoms with Crippen LogP contribution in [-0.2, 0) is 20.1 Å². The van der Waals surface area contributed by atoms with Crippen molar-refractivity contribution in [2.45, 2.75) is 31.5 Å². The van der Waals surface area contributed by atoms with Crippen molar-refractivity contribution >= 4 is 219 Å². The first kappa shape index (κ1) is 89.8. The highest BCUT2D eigenvalue weighted by Gasteiger charge is 2.21. The quantitative estimate of drug-likeness (QED) is 0.0159. The molecule has 0 saturated heterocycles. The third-order valence-corrected chi connectivity index (χ3v) is 23.6. The molecule has 1 amide bonds. The zero-order valence-corrected chi connectivity index (χ0v) is 73.9. The maximum Gasteiger partial charge on any atom is 0.316 e. The normalized spacial score (nSPS) is 11.0. The first-order valence-corrected chi connectivity index (χ1v) is 44.2. The number of ketones is 2. The fourth-order valence-electron chi connectivity index (χ4n) is 11.6. The smallest absolute Gasteiger partial charge is 0.316 e. The number of H-pyrrole nitrogens is 5. The number of hydrogen-bond donors (Lipinski definition) is 6. The Morgan fingerprint density at radius 2 is 0.595 bits per heavy atom. The Morgan fingerprint density at radius 1 is 0.325 bits per heavy atom. The topological polar surface area (TPSA) is 421 Å². The zero-order valence-electron chi connectivity index (χ0n) is 64.5. The van der Waals surface area contributed by atoms with Crippen LogP contribution in [0.3, 0.4) is 0 Å². The lowest BCUT2D eigenvalue weighted by atomic mass is 10.1. The zero-order chi connectivity index (χ0) is 88.7. The number of Topliss-reactive ketones (excluding diaryl/α,β-unsaturated/α-hetero) is 2. The number of halogens is 7. The minimum Gasteiger partial charge on any atom is -0.468 e. The second kappa shape index (κ2) is 41.6. The molecule has 10 heterocycles. The molecule has 18 rings (SSSR count). The molecule has 0 aliphatic rings. The van der Waals surface area contributed by atoms with E-state index in [1.165, 1.54) is 71.0 Å². The second-order valence-corrected chi connectivity index (χ2v) is 33.9. The van der Waals surface area contributed by atoms with E-state index in [1.807, 2.05) is 72.8 Å². The maximum atomic E-state index is 12.4. The van der Waals surface area contributed by atoms with Gasteiger partial charge in [0.05, 0.1) is 89.5 Å². The lowest BCUT2D eigenvalue weighted by Gasteiger charge is -2.05. The van der Waals surface area contributed by atoms with Gasteiger partial charge in [-0.25, -0.2) is 48.3 Å². The largest absolute Gasteiger partial charge is 0.468 e. The molecule has 0 bridgehead atoms. The summed E-state index contributed by atoms with van der Waals surface area (Å²) < 4.78 is 12.3. The minimum atomic E-state index is -0.490. The molecule has 0 radical (unpaired) electrons. The molecule has 43 heteroatoms. The minimum absolute atomic E-state index is 0.0275. The summed E-state index contributed by atoms with van der Waals surface area (Å²) in [6.45, 7) is 0. The van der Waals surface area contributed by atoms with Crippen molar-refractivity contribution in [1.82, 2.24) is 98.7 Å². The van der Waals surface area contributed by atoms with Crippen LogP contribution in [0, 0.1) is 0 Å². The molecule has 31 nitrogen and oxygen atoms in total. The van der Waals surface area contributed by atoms with Crippen molar-refractivity contribution in [3.05, 3.63) is 335 Å². The van der Waals surface area contributed by atoms with Crippen LogP contribution >= 0.6 is 140 Å². The molecule has 0 unspecified atom stereocenters. The average Bonchev–Trinajstić information content (AvgIpc) is 1.41. The van der Waals surface area contributed by atoms with Crippen LogP contribution in [0.25, 0.3) is 83.6 Å². The lowest BCUT2D eigenvalue weighted by Crippen LogP contribution is -2.15. The number of carbonyl (C=O) groups is 4. The highest BCUT2D eigenvalue weighted by Crippen LogP contribution is 2.29. The number of aromatic nitrogens is 20. The standard InChI is InChI=1S/C19H12Cl2N4O2S.C19H13ClN4O2S.C18H12Cl2N4OS.C14H11ClN4O3S.C13H10ClN5O2S/c20-12-6-4-11(5-7-12)16(26)10-28-19-23-17-15(18(27)24-19)9-22-25(17)14-3-1-2-13(21)8-14;20-13-7-4-8-14(9-13)24-17-15(10-21-24)18(26)23-19(22-17)27-11-16(25)12-5-2-1-3-6-12;19-12-6-4-11(5-7-12)10-26-18-22-16-15(17(25)23-18)9-21-24(16)14-3-1-2-13(20)8-14;1-22-11(20)7-23-14-17-12-10(13(21)18-14)6-16-19(12)9-4-2-3-8(15)5-9;14-7-2-1-3-8(4-7)19-11-9(5-16-19)12(21)18-13(17-11)22-6-10(15)20/h1-9H,10H2,(H,23,24,27);1-10H,11H2,(H,22,23,26);1-9H,10H2,(H,22,23,25);2-6H,7H2,1H3,(H,17,18,21);1-5H,6H2,(H2,15,20)(H,17,18,21). The number of methoxy groups -OCH3 is 1. The number of benzene rings is 8. The average molecular weight is 1920 g/mol. The van der Waals surface area contributed by atoms with Crippen molar-refractivity contribution in [3.8, 4) is 28.4 Å². The van der Waals surface area contributed by atoms with Crippen LogP contribution in [0.2, 0.25) is 35.2 Å². The fraction of sp³-hybridized carbons (Fsp3) is 0.0723. The SMILES string of the molecule is COC(=O)CSc1nc2c(cnn2-c2cccc(Cl)c2)c(=O)[nH]1.NC(=O)CSc1nc2c(cnn2-c2cccc(Cl)c2)c(=O)[nH]1.O=C(CSc1nc2c(cnn2-c2cccc(Cl)c2)c(=O)[nH]1)c1ccc(Cl)cc1.O=C(CSc1nc2c(cnn2-c2cccc(Cl)c2)c(=O)[nH]1)c1ccccc1.O=c1[nH]c(SCc2ccc(Cl)cc2)nc2c1cnn2-c1cccc(Cl)c1. The number of nitrogens with two attached hydrogens (primary N) is 1. The molecule has 8 aromatic carbocycles. The van der Waals surface area contributed by atoms with Crippen LogP contribution in [0.1, 0.15) is 26.3 Å². The summed E-state index contributed by atoms with van der Waals surface area (Å²) in [5, 5.41) is 28.9. The van der Waals surface area contributed by atoms with Crippen LogP contribution in [0.5, 0.6) is 0 Å². The van der Waals surface area contributed by atoms with Gasteiger partial charge in [-0.15, -0.1) is 0 Å².